The minimum atomic E-state index is -1.36. The largest absolute Gasteiger partial charge is 0.594 e. The Morgan fingerprint density at radius 2 is 2.25 bits per heavy atom. The molecule has 0 bridgehead atoms. The molecule has 3 aromatic rings. The summed E-state index contributed by atoms with van der Waals surface area (Å²) in [5.74, 6) is -0.938. The van der Waals surface area contributed by atoms with Crippen LogP contribution in [-0.4, -0.2) is 25.0 Å². The van der Waals surface area contributed by atoms with Gasteiger partial charge < -0.3 is 10.2 Å². The van der Waals surface area contributed by atoms with Gasteiger partial charge >= 0.3 is 0 Å². The molecule has 0 fully saturated rings. The molecule has 1 unspecified atom stereocenters. The minimum Gasteiger partial charge on any atom is -0.594 e. The van der Waals surface area contributed by atoms with Gasteiger partial charge in [-0.25, -0.2) is 19.3 Å². The number of rotatable bonds is 2. The maximum Gasteiger partial charge on any atom is 0.293 e. The number of nitrogens with one attached hydrogen (secondary N) is 2. The van der Waals surface area contributed by atoms with Crippen molar-refractivity contribution in [2.24, 2.45) is 0 Å². The third-order valence-electron chi connectivity index (χ3n) is 2.73. The minimum absolute atomic E-state index is 0.0525. The Balaban J connectivity index is 2.38. The van der Waals surface area contributed by atoms with Gasteiger partial charge in [0.15, 0.2) is 11.0 Å². The monoisotopic (exact) mass is 277 g/mol. The molecule has 102 valence electrons. The van der Waals surface area contributed by atoms with Crippen LogP contribution in [0.1, 0.15) is 0 Å². The number of aromatic amines is 1. The summed E-state index contributed by atoms with van der Waals surface area (Å²) in [6, 6.07) is 5.39. The van der Waals surface area contributed by atoms with Crippen molar-refractivity contribution in [1.82, 2.24) is 19.7 Å². The Labute approximate surface area is 110 Å². The molecule has 0 saturated heterocycles. The Kier molecular flexibility index (Phi) is 2.79. The van der Waals surface area contributed by atoms with Crippen LogP contribution in [0.3, 0.4) is 0 Å². The molecule has 20 heavy (non-hydrogen) atoms. The SMILES string of the molecule is O=c1[nH]cnc2c1c([NH+]([O-])O)nn2-c1cccc(F)c1. The molecule has 1 aromatic carbocycles. The summed E-state index contributed by atoms with van der Waals surface area (Å²) in [5.41, 5.74) is -0.285. The fourth-order valence-corrected chi connectivity index (χ4v) is 1.90. The van der Waals surface area contributed by atoms with E-state index in [0.29, 0.717) is 0 Å². The molecule has 2 aromatic heterocycles. The lowest BCUT2D eigenvalue weighted by molar-refractivity contribution is -0.992. The lowest BCUT2D eigenvalue weighted by atomic mass is 10.3. The van der Waals surface area contributed by atoms with Crippen LogP contribution in [0.5, 0.6) is 0 Å². The molecule has 9 heteroatoms. The lowest BCUT2D eigenvalue weighted by Crippen LogP contribution is -2.99. The number of H-pyrrole nitrogens is 1. The molecule has 1 atom stereocenters. The van der Waals surface area contributed by atoms with Gasteiger partial charge in [0.1, 0.15) is 5.82 Å². The third kappa shape index (κ3) is 1.86. The number of fused-ring (bicyclic) bond motifs is 1. The van der Waals surface area contributed by atoms with Crippen molar-refractivity contribution in [3.8, 4) is 5.69 Å². The zero-order chi connectivity index (χ0) is 14.3. The summed E-state index contributed by atoms with van der Waals surface area (Å²) < 4.78 is 14.4. The zero-order valence-electron chi connectivity index (χ0n) is 9.87. The summed E-state index contributed by atoms with van der Waals surface area (Å²) in [7, 11) is 0. The molecule has 3 rings (SSSR count). The Hall–Kier alpha value is -2.62. The van der Waals surface area contributed by atoms with E-state index in [0.717, 1.165) is 11.0 Å². The number of quaternary nitrogens is 1. The summed E-state index contributed by atoms with van der Waals surface area (Å²) in [6.07, 6.45) is 1.13. The summed E-state index contributed by atoms with van der Waals surface area (Å²) in [6.45, 7) is 0. The number of hydrogen-bond donors (Lipinski definition) is 3. The highest BCUT2D eigenvalue weighted by molar-refractivity contribution is 5.83. The quantitative estimate of drug-likeness (QED) is 0.554. The number of nitrogens with zero attached hydrogens (tertiary/aromatic N) is 3. The van der Waals surface area contributed by atoms with E-state index >= 15 is 0 Å². The first-order chi connectivity index (χ1) is 9.58. The highest BCUT2D eigenvalue weighted by Crippen LogP contribution is 2.18. The average Bonchev–Trinajstić information content (AvgIpc) is 2.80. The fraction of sp³-hybridized carbons (Fsp3) is 0. The first-order valence-corrected chi connectivity index (χ1v) is 5.53. The molecule has 0 aliphatic heterocycles. The molecular weight excluding hydrogens is 269 g/mol. The van der Waals surface area contributed by atoms with Gasteiger partial charge in [0.25, 0.3) is 11.4 Å². The molecule has 0 spiro atoms. The molecule has 3 N–H and O–H groups in total. The molecule has 0 aliphatic rings. The van der Waals surface area contributed by atoms with Crippen LogP contribution in [-0.2, 0) is 0 Å². The molecule has 0 amide bonds. The van der Waals surface area contributed by atoms with E-state index in [4.69, 9.17) is 5.21 Å². The highest BCUT2D eigenvalue weighted by Gasteiger charge is 2.21. The topological polar surface area (TPSA) is 111 Å². The van der Waals surface area contributed by atoms with Gasteiger partial charge in [0.05, 0.1) is 12.0 Å². The average molecular weight is 277 g/mol. The zero-order valence-corrected chi connectivity index (χ0v) is 9.87. The van der Waals surface area contributed by atoms with E-state index in [1.807, 2.05) is 0 Å². The first-order valence-electron chi connectivity index (χ1n) is 5.53. The first kappa shape index (κ1) is 12.4. The van der Waals surface area contributed by atoms with Gasteiger partial charge in [0, 0.05) is 0 Å². The maximum absolute atomic E-state index is 13.3. The highest BCUT2D eigenvalue weighted by atomic mass is 19.1. The molecule has 2 heterocycles. The molecule has 8 nitrogen and oxygen atoms in total. The van der Waals surface area contributed by atoms with Crippen LogP contribution >= 0.6 is 0 Å². The second kappa shape index (κ2) is 4.49. The van der Waals surface area contributed by atoms with Crippen molar-refractivity contribution < 1.29 is 14.8 Å². The van der Waals surface area contributed by atoms with E-state index < -0.39 is 22.4 Å². The van der Waals surface area contributed by atoms with Crippen molar-refractivity contribution in [3.05, 3.63) is 52.0 Å². The van der Waals surface area contributed by atoms with Crippen LogP contribution in [0.25, 0.3) is 16.7 Å². The summed E-state index contributed by atoms with van der Waals surface area (Å²) in [4.78, 5) is 17.9. The molecule has 0 aliphatic carbocycles. The van der Waals surface area contributed by atoms with Crippen LogP contribution in [0, 0.1) is 11.0 Å². The van der Waals surface area contributed by atoms with Gasteiger partial charge in [0.2, 0.25) is 0 Å². The van der Waals surface area contributed by atoms with Crippen molar-refractivity contribution >= 4 is 16.9 Å². The second-order valence-electron chi connectivity index (χ2n) is 3.98. The predicted molar refractivity (Wildman–Crippen MR) is 65.2 cm³/mol. The molecule has 0 radical (unpaired) electrons. The number of halogens is 1. The van der Waals surface area contributed by atoms with Crippen LogP contribution in [0.4, 0.5) is 10.2 Å². The Morgan fingerprint density at radius 1 is 1.45 bits per heavy atom. The maximum atomic E-state index is 13.3. The Bertz CT molecular complexity index is 841. The lowest BCUT2D eigenvalue weighted by Gasteiger charge is -2.07. The molecular formula is C11H8FN5O3. The number of hydrogen-bond acceptors (Lipinski definition) is 5. The van der Waals surface area contributed by atoms with Gasteiger partial charge in [-0.15, -0.1) is 5.10 Å². The standard InChI is InChI=1S/C11H8FN5O3/c12-6-2-1-3-7(4-6)16-9-8(10(15-16)17(19)20)11(18)14-5-13-9/h1-5,17,19H,(H,13,14,18). The van der Waals surface area contributed by atoms with Crippen LogP contribution < -0.4 is 10.8 Å². The van der Waals surface area contributed by atoms with Crippen molar-refractivity contribution in [1.29, 1.82) is 0 Å². The van der Waals surface area contributed by atoms with E-state index in [1.54, 1.807) is 0 Å². The number of aromatic nitrogens is 4. The predicted octanol–water partition coefficient (Wildman–Crippen LogP) is -0.349. The smallest absolute Gasteiger partial charge is 0.293 e. The van der Waals surface area contributed by atoms with Crippen LogP contribution in [0.2, 0.25) is 0 Å². The molecule has 0 saturated carbocycles. The van der Waals surface area contributed by atoms with Crippen LogP contribution in [0.15, 0.2) is 35.4 Å². The Morgan fingerprint density at radius 3 is 2.95 bits per heavy atom. The van der Waals surface area contributed by atoms with Gasteiger partial charge in [-0.3, -0.25) is 4.79 Å². The summed E-state index contributed by atoms with van der Waals surface area (Å²) in [5, 5.41) is 22.6. The van der Waals surface area contributed by atoms with E-state index in [9.17, 15) is 14.4 Å². The van der Waals surface area contributed by atoms with Crippen molar-refractivity contribution in [2.45, 2.75) is 0 Å². The van der Waals surface area contributed by atoms with E-state index in [-0.39, 0.29) is 16.7 Å². The number of benzene rings is 1. The normalized spacial score (nSPS) is 12.8. The second-order valence-corrected chi connectivity index (χ2v) is 3.98. The summed E-state index contributed by atoms with van der Waals surface area (Å²) >= 11 is 0. The van der Waals surface area contributed by atoms with Crippen molar-refractivity contribution in [3.63, 3.8) is 0 Å². The van der Waals surface area contributed by atoms with Crippen molar-refractivity contribution in [2.75, 3.05) is 0 Å². The fourth-order valence-electron chi connectivity index (χ4n) is 1.90. The third-order valence-corrected chi connectivity index (χ3v) is 2.73. The van der Waals surface area contributed by atoms with Gasteiger partial charge in [-0.2, -0.15) is 5.23 Å². The van der Waals surface area contributed by atoms with E-state index in [2.05, 4.69) is 15.1 Å². The van der Waals surface area contributed by atoms with Gasteiger partial charge in [-0.05, 0) is 18.2 Å². The van der Waals surface area contributed by atoms with Gasteiger partial charge in [-0.1, -0.05) is 6.07 Å². The van der Waals surface area contributed by atoms with E-state index in [1.165, 1.54) is 24.3 Å².